The van der Waals surface area contributed by atoms with Crippen molar-refractivity contribution < 1.29 is 0 Å². The molecule has 0 bridgehead atoms. The van der Waals surface area contributed by atoms with E-state index in [1.54, 1.807) is 0 Å². The van der Waals surface area contributed by atoms with Gasteiger partial charge < -0.3 is 10.2 Å². The van der Waals surface area contributed by atoms with Crippen LogP contribution >= 0.6 is 0 Å². The van der Waals surface area contributed by atoms with Gasteiger partial charge in [0, 0.05) is 18.6 Å². The van der Waals surface area contributed by atoms with Crippen molar-refractivity contribution in [3.05, 3.63) is 0 Å². The van der Waals surface area contributed by atoms with E-state index in [1.165, 1.54) is 6.42 Å². The van der Waals surface area contributed by atoms with Crippen molar-refractivity contribution in [1.29, 1.82) is 0 Å². The lowest BCUT2D eigenvalue weighted by molar-refractivity contribution is 0.104. The second-order valence-electron chi connectivity index (χ2n) is 5.86. The molecule has 0 aromatic heterocycles. The van der Waals surface area contributed by atoms with Crippen LogP contribution in [-0.2, 0) is 0 Å². The molecule has 0 saturated carbocycles. The fourth-order valence-corrected chi connectivity index (χ4v) is 2.64. The van der Waals surface area contributed by atoms with E-state index in [0.29, 0.717) is 18.0 Å². The van der Waals surface area contributed by atoms with Crippen LogP contribution in [0.2, 0.25) is 0 Å². The molecule has 0 aliphatic heterocycles. The van der Waals surface area contributed by atoms with Crippen LogP contribution in [0, 0.1) is 5.92 Å². The summed E-state index contributed by atoms with van der Waals surface area (Å²) in [5, 5.41) is 3.54. The average molecular weight is 257 g/mol. The normalized spacial score (nSPS) is 17.2. The number of likely N-dealkylation sites (N-methyl/N-ethyl adjacent to an activating group) is 2. The summed E-state index contributed by atoms with van der Waals surface area (Å²) in [5.74, 6) is 0.695. The van der Waals surface area contributed by atoms with Gasteiger partial charge in [-0.15, -0.1) is 0 Å². The van der Waals surface area contributed by atoms with E-state index < -0.39 is 0 Å². The largest absolute Gasteiger partial charge is 0.316 e. The number of nitrogens with one attached hydrogen (secondary N) is 1. The molecule has 0 radical (unpaired) electrons. The Hall–Kier alpha value is -0.120. The molecule has 3 heteroatoms. The van der Waals surface area contributed by atoms with E-state index in [-0.39, 0.29) is 0 Å². The van der Waals surface area contributed by atoms with Crippen molar-refractivity contribution in [1.82, 2.24) is 15.1 Å². The molecule has 0 spiro atoms. The van der Waals surface area contributed by atoms with Crippen molar-refractivity contribution in [3.63, 3.8) is 0 Å². The topological polar surface area (TPSA) is 18.5 Å². The first-order chi connectivity index (χ1) is 8.43. The summed E-state index contributed by atoms with van der Waals surface area (Å²) in [4.78, 5) is 4.90. The van der Waals surface area contributed by atoms with E-state index in [1.807, 2.05) is 0 Å². The Balaban J connectivity index is 4.26. The van der Waals surface area contributed by atoms with Gasteiger partial charge in [0.25, 0.3) is 0 Å². The predicted octanol–water partition coefficient (Wildman–Crippen LogP) is 2.28. The van der Waals surface area contributed by atoms with Gasteiger partial charge in [0.15, 0.2) is 0 Å². The maximum absolute atomic E-state index is 3.54. The number of rotatable bonds is 10. The van der Waals surface area contributed by atoms with Crippen molar-refractivity contribution >= 4 is 0 Å². The van der Waals surface area contributed by atoms with E-state index in [0.717, 1.165) is 26.2 Å². The summed E-state index contributed by atoms with van der Waals surface area (Å²) in [7, 11) is 4.31. The molecule has 18 heavy (non-hydrogen) atoms. The van der Waals surface area contributed by atoms with Gasteiger partial charge in [-0.05, 0) is 59.9 Å². The first-order valence-corrected chi connectivity index (χ1v) is 7.55. The van der Waals surface area contributed by atoms with E-state index in [2.05, 4.69) is 63.8 Å². The minimum atomic E-state index is 0.619. The quantitative estimate of drug-likeness (QED) is 0.606. The van der Waals surface area contributed by atoms with Crippen LogP contribution in [0.15, 0.2) is 0 Å². The Bertz CT molecular complexity index is 194. The van der Waals surface area contributed by atoms with E-state index in [4.69, 9.17) is 0 Å². The maximum Gasteiger partial charge on any atom is 0.0197 e. The lowest BCUT2D eigenvalue weighted by Gasteiger charge is -2.38. The van der Waals surface area contributed by atoms with Gasteiger partial charge in [0.2, 0.25) is 0 Å². The Morgan fingerprint density at radius 1 is 1.06 bits per heavy atom. The van der Waals surface area contributed by atoms with E-state index >= 15 is 0 Å². The summed E-state index contributed by atoms with van der Waals surface area (Å²) in [6.45, 7) is 16.1. The zero-order chi connectivity index (χ0) is 14.1. The lowest BCUT2D eigenvalue weighted by Crippen LogP contribution is -2.48. The SMILES string of the molecule is CCCNCC(C)C(C)N(CC)C(C)CN(C)C. The van der Waals surface area contributed by atoms with Crippen molar-refractivity contribution in [2.75, 3.05) is 40.3 Å². The monoisotopic (exact) mass is 257 g/mol. The van der Waals surface area contributed by atoms with Crippen LogP contribution in [0.4, 0.5) is 0 Å². The van der Waals surface area contributed by atoms with Crippen LogP contribution in [0.5, 0.6) is 0 Å². The molecule has 110 valence electrons. The highest BCUT2D eigenvalue weighted by molar-refractivity contribution is 4.79. The van der Waals surface area contributed by atoms with Crippen molar-refractivity contribution in [2.24, 2.45) is 5.92 Å². The van der Waals surface area contributed by atoms with Crippen LogP contribution in [0.1, 0.15) is 41.0 Å². The fraction of sp³-hybridized carbons (Fsp3) is 1.00. The molecular weight excluding hydrogens is 222 g/mol. The second kappa shape index (κ2) is 9.76. The fourth-order valence-electron chi connectivity index (χ4n) is 2.64. The molecule has 1 N–H and O–H groups in total. The minimum absolute atomic E-state index is 0.619. The zero-order valence-electron chi connectivity index (χ0n) is 13.7. The average Bonchev–Trinajstić information content (AvgIpc) is 2.28. The number of hydrogen-bond acceptors (Lipinski definition) is 3. The molecule has 3 unspecified atom stereocenters. The van der Waals surface area contributed by atoms with Crippen LogP contribution < -0.4 is 5.32 Å². The second-order valence-corrected chi connectivity index (χ2v) is 5.86. The van der Waals surface area contributed by atoms with E-state index in [9.17, 15) is 0 Å². The molecule has 0 aromatic rings. The third kappa shape index (κ3) is 6.72. The highest BCUT2D eigenvalue weighted by Crippen LogP contribution is 2.14. The Labute approximate surface area is 115 Å². The molecule has 0 saturated heterocycles. The third-order valence-electron chi connectivity index (χ3n) is 3.80. The van der Waals surface area contributed by atoms with Gasteiger partial charge in [0.1, 0.15) is 0 Å². The summed E-state index contributed by atoms with van der Waals surface area (Å²) >= 11 is 0. The van der Waals surface area contributed by atoms with Gasteiger partial charge >= 0.3 is 0 Å². The molecule has 3 nitrogen and oxygen atoms in total. The third-order valence-corrected chi connectivity index (χ3v) is 3.80. The number of nitrogens with zero attached hydrogens (tertiary/aromatic N) is 2. The molecule has 0 amide bonds. The highest BCUT2D eigenvalue weighted by Gasteiger charge is 2.23. The van der Waals surface area contributed by atoms with Gasteiger partial charge in [-0.3, -0.25) is 4.90 Å². The highest BCUT2D eigenvalue weighted by atomic mass is 15.2. The number of hydrogen-bond donors (Lipinski definition) is 1. The Morgan fingerprint density at radius 3 is 2.11 bits per heavy atom. The summed E-state index contributed by atoms with van der Waals surface area (Å²) in [6.07, 6.45) is 1.22. The van der Waals surface area contributed by atoms with Crippen LogP contribution in [0.25, 0.3) is 0 Å². The van der Waals surface area contributed by atoms with Gasteiger partial charge in [-0.1, -0.05) is 20.8 Å². The van der Waals surface area contributed by atoms with Gasteiger partial charge in [-0.2, -0.15) is 0 Å². The molecule has 0 fully saturated rings. The predicted molar refractivity (Wildman–Crippen MR) is 82.2 cm³/mol. The molecule has 0 aliphatic rings. The zero-order valence-corrected chi connectivity index (χ0v) is 13.7. The lowest BCUT2D eigenvalue weighted by atomic mass is 10.00. The van der Waals surface area contributed by atoms with Crippen LogP contribution in [-0.4, -0.2) is 62.2 Å². The molecule has 0 rings (SSSR count). The molecule has 0 aromatic carbocycles. The first kappa shape index (κ1) is 17.9. The van der Waals surface area contributed by atoms with Crippen LogP contribution in [0.3, 0.4) is 0 Å². The summed E-state index contributed by atoms with van der Waals surface area (Å²) < 4.78 is 0. The summed E-state index contributed by atoms with van der Waals surface area (Å²) in [6, 6.07) is 1.25. The first-order valence-electron chi connectivity index (χ1n) is 7.55. The minimum Gasteiger partial charge on any atom is -0.316 e. The Morgan fingerprint density at radius 2 is 1.67 bits per heavy atom. The molecular formula is C15H35N3. The maximum atomic E-state index is 3.54. The van der Waals surface area contributed by atoms with Crippen molar-refractivity contribution in [2.45, 2.75) is 53.1 Å². The molecule has 0 aliphatic carbocycles. The standard InChI is InChI=1S/C15H35N3/c1-8-10-16-11-13(3)15(5)18(9-2)14(4)12-17(6)7/h13-16H,8-12H2,1-7H3. The molecule has 0 heterocycles. The van der Waals surface area contributed by atoms with Gasteiger partial charge in [-0.25, -0.2) is 0 Å². The molecule has 3 atom stereocenters. The smallest absolute Gasteiger partial charge is 0.0197 e. The van der Waals surface area contributed by atoms with Crippen molar-refractivity contribution in [3.8, 4) is 0 Å². The van der Waals surface area contributed by atoms with Gasteiger partial charge in [0.05, 0.1) is 0 Å². The Kier molecular flexibility index (Phi) is 9.70. The summed E-state index contributed by atoms with van der Waals surface area (Å²) in [5.41, 5.74) is 0.